The van der Waals surface area contributed by atoms with E-state index >= 15 is 0 Å². The molecule has 0 unspecified atom stereocenters. The zero-order valence-electron chi connectivity index (χ0n) is 12.1. The first kappa shape index (κ1) is 16.0. The minimum absolute atomic E-state index is 0.0183. The summed E-state index contributed by atoms with van der Waals surface area (Å²) in [5, 5.41) is 11.7. The highest BCUT2D eigenvalue weighted by atomic mass is 19.1. The molecular formula is C17H18FNO3. The number of rotatable bonds is 7. The summed E-state index contributed by atoms with van der Waals surface area (Å²) in [6, 6.07) is 13.5. The Bertz CT molecular complexity index is 614. The van der Waals surface area contributed by atoms with E-state index in [9.17, 15) is 9.18 Å². The molecule has 0 aliphatic heterocycles. The maximum Gasteiger partial charge on any atom is 0.257 e. The highest BCUT2D eigenvalue weighted by Gasteiger charge is 2.05. The number of benzene rings is 2. The molecule has 0 aliphatic carbocycles. The Morgan fingerprint density at radius 2 is 1.77 bits per heavy atom. The summed E-state index contributed by atoms with van der Waals surface area (Å²) in [5.74, 6) is -0.716. The van der Waals surface area contributed by atoms with E-state index in [2.05, 4.69) is 5.32 Å². The topological polar surface area (TPSA) is 58.6 Å². The summed E-state index contributed by atoms with van der Waals surface area (Å²) < 4.78 is 18.4. The molecule has 0 radical (unpaired) electrons. The fraction of sp³-hybridized carbons (Fsp3) is 0.235. The lowest BCUT2D eigenvalue weighted by molar-refractivity contribution is -0.123. The van der Waals surface area contributed by atoms with Gasteiger partial charge in [0.05, 0.1) is 6.61 Å². The highest BCUT2D eigenvalue weighted by molar-refractivity contribution is 5.77. The number of ether oxygens (including phenoxy) is 1. The molecule has 0 aliphatic rings. The van der Waals surface area contributed by atoms with Gasteiger partial charge in [0.15, 0.2) is 18.2 Å². The van der Waals surface area contributed by atoms with Gasteiger partial charge in [0.1, 0.15) is 0 Å². The smallest absolute Gasteiger partial charge is 0.257 e. The van der Waals surface area contributed by atoms with Crippen LogP contribution in [0.5, 0.6) is 5.75 Å². The molecule has 0 spiro atoms. The molecule has 0 heterocycles. The number of aliphatic hydroxyl groups is 1. The van der Waals surface area contributed by atoms with Crippen LogP contribution in [0.3, 0.4) is 0 Å². The zero-order valence-corrected chi connectivity index (χ0v) is 12.1. The van der Waals surface area contributed by atoms with E-state index < -0.39 is 5.82 Å². The Labute approximate surface area is 128 Å². The molecule has 0 aromatic heterocycles. The first-order valence-corrected chi connectivity index (χ1v) is 7.02. The van der Waals surface area contributed by atoms with Gasteiger partial charge in [-0.05, 0) is 29.7 Å². The minimum Gasteiger partial charge on any atom is -0.481 e. The number of carbonyl (C=O) groups is 1. The van der Waals surface area contributed by atoms with Crippen molar-refractivity contribution in [3.8, 4) is 5.75 Å². The Kier molecular flexibility index (Phi) is 5.91. The lowest BCUT2D eigenvalue weighted by Gasteiger charge is -2.08. The van der Waals surface area contributed by atoms with Gasteiger partial charge in [-0.3, -0.25) is 4.79 Å². The van der Waals surface area contributed by atoms with Crippen LogP contribution < -0.4 is 10.1 Å². The van der Waals surface area contributed by atoms with Crippen molar-refractivity contribution >= 4 is 5.91 Å². The molecule has 22 heavy (non-hydrogen) atoms. The summed E-state index contributed by atoms with van der Waals surface area (Å²) in [4.78, 5) is 11.6. The van der Waals surface area contributed by atoms with Gasteiger partial charge in [0.25, 0.3) is 5.91 Å². The molecule has 2 rings (SSSR count). The van der Waals surface area contributed by atoms with Crippen molar-refractivity contribution in [1.29, 1.82) is 0 Å². The van der Waals surface area contributed by atoms with Crippen molar-refractivity contribution in [3.63, 3.8) is 0 Å². The summed E-state index contributed by atoms with van der Waals surface area (Å²) in [7, 11) is 0. The standard InChI is InChI=1S/C17H18FNO3/c18-15-3-1-2-4-16(15)22-12-17(21)19-10-9-13-5-7-14(11-20)8-6-13/h1-8,20H,9-12H2,(H,19,21). The van der Waals surface area contributed by atoms with Gasteiger partial charge in [0, 0.05) is 6.54 Å². The van der Waals surface area contributed by atoms with Crippen molar-refractivity contribution in [1.82, 2.24) is 5.32 Å². The number of aliphatic hydroxyl groups excluding tert-OH is 1. The molecule has 2 aromatic rings. The quantitative estimate of drug-likeness (QED) is 0.823. The van der Waals surface area contributed by atoms with E-state index in [1.165, 1.54) is 12.1 Å². The molecule has 0 bridgehead atoms. The van der Waals surface area contributed by atoms with Gasteiger partial charge < -0.3 is 15.2 Å². The van der Waals surface area contributed by atoms with E-state index in [4.69, 9.17) is 9.84 Å². The summed E-state index contributed by atoms with van der Waals surface area (Å²) >= 11 is 0. The number of para-hydroxylation sites is 1. The average Bonchev–Trinajstić information content (AvgIpc) is 2.55. The first-order chi connectivity index (χ1) is 10.7. The van der Waals surface area contributed by atoms with Crippen LogP contribution in [0, 0.1) is 5.82 Å². The van der Waals surface area contributed by atoms with Crippen molar-refractivity contribution in [3.05, 3.63) is 65.5 Å². The van der Waals surface area contributed by atoms with Crippen LogP contribution in [0.25, 0.3) is 0 Å². The van der Waals surface area contributed by atoms with E-state index in [0.29, 0.717) is 13.0 Å². The van der Waals surface area contributed by atoms with E-state index in [0.717, 1.165) is 11.1 Å². The number of carbonyl (C=O) groups excluding carboxylic acids is 1. The molecule has 0 saturated heterocycles. The SMILES string of the molecule is O=C(COc1ccccc1F)NCCc1ccc(CO)cc1. The maximum absolute atomic E-state index is 13.3. The third kappa shape index (κ3) is 4.86. The maximum atomic E-state index is 13.3. The van der Waals surface area contributed by atoms with E-state index in [-0.39, 0.29) is 24.9 Å². The van der Waals surface area contributed by atoms with Gasteiger partial charge >= 0.3 is 0 Å². The number of halogens is 1. The second-order valence-corrected chi connectivity index (χ2v) is 4.79. The third-order valence-corrected chi connectivity index (χ3v) is 3.14. The predicted octanol–water partition coefficient (Wildman–Crippen LogP) is 2.06. The van der Waals surface area contributed by atoms with Crippen molar-refractivity contribution in [2.45, 2.75) is 13.0 Å². The molecule has 4 nitrogen and oxygen atoms in total. The lowest BCUT2D eigenvalue weighted by Crippen LogP contribution is -2.30. The third-order valence-electron chi connectivity index (χ3n) is 3.14. The molecule has 5 heteroatoms. The Balaban J connectivity index is 1.70. The minimum atomic E-state index is -0.487. The number of hydrogen-bond acceptors (Lipinski definition) is 3. The second kappa shape index (κ2) is 8.14. The highest BCUT2D eigenvalue weighted by Crippen LogP contribution is 2.14. The van der Waals surface area contributed by atoms with Crippen LogP contribution >= 0.6 is 0 Å². The Morgan fingerprint density at radius 1 is 1.09 bits per heavy atom. The van der Waals surface area contributed by atoms with Gasteiger partial charge in [-0.1, -0.05) is 36.4 Å². The molecule has 116 valence electrons. The van der Waals surface area contributed by atoms with Crippen LogP contribution in [-0.4, -0.2) is 24.2 Å². The molecule has 2 N–H and O–H groups in total. The Morgan fingerprint density at radius 3 is 2.45 bits per heavy atom. The summed E-state index contributed by atoms with van der Waals surface area (Å²) in [5.41, 5.74) is 1.92. The van der Waals surface area contributed by atoms with Crippen LogP contribution in [-0.2, 0) is 17.8 Å². The van der Waals surface area contributed by atoms with Crippen LogP contribution in [0.15, 0.2) is 48.5 Å². The van der Waals surface area contributed by atoms with Crippen molar-refractivity contribution in [2.24, 2.45) is 0 Å². The number of amides is 1. The monoisotopic (exact) mass is 303 g/mol. The van der Waals surface area contributed by atoms with Gasteiger partial charge in [-0.25, -0.2) is 4.39 Å². The van der Waals surface area contributed by atoms with Crippen LogP contribution in [0.2, 0.25) is 0 Å². The zero-order chi connectivity index (χ0) is 15.8. The first-order valence-electron chi connectivity index (χ1n) is 7.02. The second-order valence-electron chi connectivity index (χ2n) is 4.79. The predicted molar refractivity (Wildman–Crippen MR) is 81.0 cm³/mol. The van der Waals surface area contributed by atoms with Gasteiger partial charge in [-0.15, -0.1) is 0 Å². The van der Waals surface area contributed by atoms with E-state index in [1.807, 2.05) is 24.3 Å². The molecule has 2 aromatic carbocycles. The normalized spacial score (nSPS) is 10.3. The number of hydrogen-bond donors (Lipinski definition) is 2. The van der Waals surface area contributed by atoms with Crippen LogP contribution in [0.4, 0.5) is 4.39 Å². The summed E-state index contributed by atoms with van der Waals surface area (Å²) in [6.07, 6.45) is 0.678. The van der Waals surface area contributed by atoms with Crippen molar-refractivity contribution < 1.29 is 19.0 Å². The molecule has 0 atom stereocenters. The number of nitrogens with one attached hydrogen (secondary N) is 1. The van der Waals surface area contributed by atoms with Crippen molar-refractivity contribution in [2.75, 3.05) is 13.2 Å². The molecule has 1 amide bonds. The van der Waals surface area contributed by atoms with Crippen LogP contribution in [0.1, 0.15) is 11.1 Å². The molecular weight excluding hydrogens is 285 g/mol. The largest absolute Gasteiger partial charge is 0.481 e. The van der Waals surface area contributed by atoms with Gasteiger partial charge in [0.2, 0.25) is 0 Å². The lowest BCUT2D eigenvalue weighted by atomic mass is 10.1. The summed E-state index contributed by atoms with van der Waals surface area (Å²) in [6.45, 7) is 0.271. The van der Waals surface area contributed by atoms with E-state index in [1.54, 1.807) is 12.1 Å². The fourth-order valence-electron chi connectivity index (χ4n) is 1.91. The molecule has 0 saturated carbocycles. The Hall–Kier alpha value is -2.40. The molecule has 0 fully saturated rings. The van der Waals surface area contributed by atoms with Gasteiger partial charge in [-0.2, -0.15) is 0 Å². The fourth-order valence-corrected chi connectivity index (χ4v) is 1.91. The average molecular weight is 303 g/mol.